The summed E-state index contributed by atoms with van der Waals surface area (Å²) >= 11 is 0. The average Bonchev–Trinajstić information content (AvgIpc) is 2.66. The van der Waals surface area contributed by atoms with E-state index >= 15 is 0 Å². The predicted molar refractivity (Wildman–Crippen MR) is 41.5 cm³/mol. The zero-order valence-electron chi connectivity index (χ0n) is 7.03. The number of ether oxygens (including phenoxy) is 2. The van der Waals surface area contributed by atoms with Gasteiger partial charge in [0.15, 0.2) is 5.79 Å². The maximum Gasteiger partial charge on any atom is 0.174 e. The molecule has 0 radical (unpaired) electrons. The summed E-state index contributed by atoms with van der Waals surface area (Å²) in [6.45, 7) is 1.41. The Kier molecular flexibility index (Phi) is 1.35. The highest BCUT2D eigenvalue weighted by Gasteiger charge is 2.58. The molecule has 3 aliphatic rings. The van der Waals surface area contributed by atoms with Gasteiger partial charge in [0.2, 0.25) is 0 Å². The van der Waals surface area contributed by atoms with E-state index in [0.29, 0.717) is 19.1 Å². The molecule has 3 fully saturated rings. The van der Waals surface area contributed by atoms with Crippen molar-refractivity contribution in [1.29, 1.82) is 0 Å². The summed E-state index contributed by atoms with van der Waals surface area (Å²) in [5.74, 6) is 0.524. The normalized spacial score (nSPS) is 49.2. The van der Waals surface area contributed by atoms with E-state index in [4.69, 9.17) is 9.47 Å². The highest BCUT2D eigenvalue weighted by Crippen LogP contribution is 2.54. The fourth-order valence-electron chi connectivity index (χ4n) is 3.11. The van der Waals surface area contributed by atoms with Gasteiger partial charge in [-0.15, -0.1) is 0 Å². The summed E-state index contributed by atoms with van der Waals surface area (Å²) in [5.41, 5.74) is 0. The molecule has 0 aromatic rings. The van der Waals surface area contributed by atoms with Gasteiger partial charge in [0.25, 0.3) is 0 Å². The molecular weight excluding hydrogens is 156 g/mol. The molecule has 3 nitrogen and oxygen atoms in total. The van der Waals surface area contributed by atoms with E-state index < -0.39 is 0 Å². The van der Waals surface area contributed by atoms with Crippen molar-refractivity contribution in [3.8, 4) is 0 Å². The first-order chi connectivity index (χ1) is 5.80. The van der Waals surface area contributed by atoms with Crippen LogP contribution < -0.4 is 0 Å². The van der Waals surface area contributed by atoms with Gasteiger partial charge in [-0.3, -0.25) is 0 Å². The molecule has 2 bridgehead atoms. The van der Waals surface area contributed by atoms with Crippen LogP contribution in [0.3, 0.4) is 0 Å². The molecule has 0 aromatic carbocycles. The Morgan fingerprint density at radius 2 is 1.92 bits per heavy atom. The molecule has 0 amide bonds. The molecule has 3 atom stereocenters. The van der Waals surface area contributed by atoms with Crippen LogP contribution in [-0.2, 0) is 9.47 Å². The first-order valence-corrected chi connectivity index (χ1v) is 4.76. The van der Waals surface area contributed by atoms with E-state index in [2.05, 4.69) is 0 Å². The minimum Gasteiger partial charge on any atom is -0.393 e. The van der Waals surface area contributed by atoms with E-state index in [-0.39, 0.29) is 17.8 Å². The topological polar surface area (TPSA) is 38.7 Å². The third kappa shape index (κ3) is 0.767. The van der Waals surface area contributed by atoms with Crippen LogP contribution in [0.4, 0.5) is 0 Å². The van der Waals surface area contributed by atoms with Crippen molar-refractivity contribution in [2.45, 2.75) is 31.2 Å². The largest absolute Gasteiger partial charge is 0.393 e. The van der Waals surface area contributed by atoms with Crippen LogP contribution in [0, 0.1) is 11.8 Å². The molecule has 12 heavy (non-hydrogen) atoms. The summed E-state index contributed by atoms with van der Waals surface area (Å²) in [4.78, 5) is 0. The molecule has 1 saturated heterocycles. The highest BCUT2D eigenvalue weighted by molar-refractivity contribution is 5.02. The Morgan fingerprint density at radius 3 is 2.50 bits per heavy atom. The SMILES string of the molecule is OC1CC2CC1C1(C2)OCCO1. The van der Waals surface area contributed by atoms with Gasteiger partial charge in [-0.25, -0.2) is 0 Å². The third-order valence-electron chi connectivity index (χ3n) is 3.54. The number of rotatable bonds is 0. The van der Waals surface area contributed by atoms with Crippen molar-refractivity contribution < 1.29 is 14.6 Å². The smallest absolute Gasteiger partial charge is 0.174 e. The fraction of sp³-hybridized carbons (Fsp3) is 1.00. The van der Waals surface area contributed by atoms with Gasteiger partial charge >= 0.3 is 0 Å². The lowest BCUT2D eigenvalue weighted by Crippen LogP contribution is -2.42. The number of fused-ring (bicyclic) bond motifs is 3. The molecule has 68 valence electrons. The monoisotopic (exact) mass is 170 g/mol. The summed E-state index contributed by atoms with van der Waals surface area (Å²) < 4.78 is 11.2. The molecular formula is C9H14O3. The highest BCUT2D eigenvalue weighted by atomic mass is 16.7. The van der Waals surface area contributed by atoms with Gasteiger partial charge in [-0.2, -0.15) is 0 Å². The van der Waals surface area contributed by atoms with E-state index in [1.807, 2.05) is 0 Å². The zero-order chi connectivity index (χ0) is 8.18. The second kappa shape index (κ2) is 2.22. The van der Waals surface area contributed by atoms with Gasteiger partial charge in [0, 0.05) is 12.3 Å². The van der Waals surface area contributed by atoms with E-state index in [1.54, 1.807) is 0 Å². The predicted octanol–water partition coefficient (Wildman–Crippen LogP) is 0.520. The van der Waals surface area contributed by atoms with Gasteiger partial charge < -0.3 is 14.6 Å². The second-order valence-electron chi connectivity index (χ2n) is 4.22. The average molecular weight is 170 g/mol. The second-order valence-corrected chi connectivity index (χ2v) is 4.22. The fourth-order valence-corrected chi connectivity index (χ4v) is 3.11. The number of aliphatic hydroxyl groups is 1. The van der Waals surface area contributed by atoms with E-state index in [9.17, 15) is 5.11 Å². The lowest BCUT2D eigenvalue weighted by molar-refractivity contribution is -0.210. The quantitative estimate of drug-likeness (QED) is 0.576. The first-order valence-electron chi connectivity index (χ1n) is 4.76. The molecule has 2 saturated carbocycles. The van der Waals surface area contributed by atoms with Gasteiger partial charge in [-0.1, -0.05) is 0 Å². The summed E-state index contributed by atoms with van der Waals surface area (Å²) in [6.07, 6.45) is 2.89. The number of hydrogen-bond donors (Lipinski definition) is 1. The van der Waals surface area contributed by atoms with Crippen molar-refractivity contribution in [2.24, 2.45) is 11.8 Å². The third-order valence-corrected chi connectivity index (χ3v) is 3.54. The maximum atomic E-state index is 9.68. The molecule has 3 heteroatoms. The van der Waals surface area contributed by atoms with Crippen LogP contribution in [0.1, 0.15) is 19.3 Å². The maximum absolute atomic E-state index is 9.68. The minimum atomic E-state index is -0.373. The molecule has 1 N–H and O–H groups in total. The summed E-state index contributed by atoms with van der Waals surface area (Å²) in [7, 11) is 0. The minimum absolute atomic E-state index is 0.179. The van der Waals surface area contributed by atoms with E-state index in [1.165, 1.54) is 0 Å². The number of aliphatic hydroxyl groups excluding tert-OH is 1. The van der Waals surface area contributed by atoms with Crippen molar-refractivity contribution in [1.82, 2.24) is 0 Å². The van der Waals surface area contributed by atoms with Crippen LogP contribution >= 0.6 is 0 Å². The van der Waals surface area contributed by atoms with Gasteiger partial charge in [0.05, 0.1) is 19.3 Å². The van der Waals surface area contributed by atoms with Crippen LogP contribution in [0.15, 0.2) is 0 Å². The Labute approximate surface area is 71.7 Å². The van der Waals surface area contributed by atoms with Crippen LogP contribution in [0.25, 0.3) is 0 Å². The summed E-state index contributed by atoms with van der Waals surface area (Å²) in [5, 5.41) is 9.68. The lowest BCUT2D eigenvalue weighted by Gasteiger charge is -2.34. The molecule has 0 aromatic heterocycles. The zero-order valence-corrected chi connectivity index (χ0v) is 7.03. The van der Waals surface area contributed by atoms with Crippen LogP contribution in [0.5, 0.6) is 0 Å². The van der Waals surface area contributed by atoms with Gasteiger partial charge in [-0.05, 0) is 18.8 Å². The van der Waals surface area contributed by atoms with Gasteiger partial charge in [0.1, 0.15) is 0 Å². The lowest BCUT2D eigenvalue weighted by atomic mass is 9.91. The Bertz CT molecular complexity index is 198. The standard InChI is InChI=1S/C9H14O3/c10-8-4-6-3-7(8)9(5-6)11-1-2-12-9/h6-8,10H,1-5H2. The van der Waals surface area contributed by atoms with Crippen LogP contribution in [0.2, 0.25) is 0 Å². The molecule has 1 aliphatic heterocycles. The first kappa shape index (κ1) is 7.30. The molecule has 3 unspecified atom stereocenters. The Morgan fingerprint density at radius 1 is 1.17 bits per heavy atom. The molecule has 1 heterocycles. The van der Waals surface area contributed by atoms with Crippen LogP contribution in [-0.4, -0.2) is 30.2 Å². The Hall–Kier alpha value is -0.120. The van der Waals surface area contributed by atoms with Crippen molar-refractivity contribution in [2.75, 3.05) is 13.2 Å². The van der Waals surface area contributed by atoms with Crippen molar-refractivity contribution in [3.05, 3.63) is 0 Å². The summed E-state index contributed by atoms with van der Waals surface area (Å²) in [6, 6.07) is 0. The van der Waals surface area contributed by atoms with Crippen molar-refractivity contribution in [3.63, 3.8) is 0 Å². The van der Waals surface area contributed by atoms with Crippen molar-refractivity contribution >= 4 is 0 Å². The molecule has 3 rings (SSSR count). The molecule has 1 spiro atoms. The molecule has 2 aliphatic carbocycles. The Balaban J connectivity index is 1.89. The number of hydrogen-bond acceptors (Lipinski definition) is 3. The van der Waals surface area contributed by atoms with E-state index in [0.717, 1.165) is 19.3 Å².